The molecule has 7 heteroatoms. The minimum atomic E-state index is -0.720. The first kappa shape index (κ1) is 22.0. The first-order chi connectivity index (χ1) is 14.9. The van der Waals surface area contributed by atoms with Gasteiger partial charge in [0.05, 0.1) is 11.6 Å². The Morgan fingerprint density at radius 3 is 2.55 bits per heavy atom. The summed E-state index contributed by atoms with van der Waals surface area (Å²) in [6.07, 6.45) is 1.39. The van der Waals surface area contributed by atoms with E-state index in [0.29, 0.717) is 30.8 Å². The standard InChI is InChI=1S/C24H26N4O3/c1-17(2)15-27(16-19-6-3-5-18(13-19)14-25)24(31)23(30)26-20-8-10-21(11-9-20)28-12-4-7-22(28)29/h3,5-6,8-11,13,17H,4,7,12,15-16H2,1-2H3,(H,26,30). The van der Waals surface area contributed by atoms with Gasteiger partial charge in [0, 0.05) is 37.4 Å². The Morgan fingerprint density at radius 2 is 1.94 bits per heavy atom. The topological polar surface area (TPSA) is 93.5 Å². The second kappa shape index (κ2) is 9.90. The summed E-state index contributed by atoms with van der Waals surface area (Å²) < 4.78 is 0. The van der Waals surface area contributed by atoms with Crippen LogP contribution in [0.5, 0.6) is 0 Å². The van der Waals surface area contributed by atoms with Crippen LogP contribution in [0.3, 0.4) is 0 Å². The number of hydrogen-bond acceptors (Lipinski definition) is 4. The fraction of sp³-hybridized carbons (Fsp3) is 0.333. The second-order valence-electron chi connectivity index (χ2n) is 8.04. The molecule has 1 aliphatic heterocycles. The molecule has 1 heterocycles. The molecule has 1 saturated heterocycles. The molecule has 0 aliphatic carbocycles. The number of carbonyl (C=O) groups is 3. The van der Waals surface area contributed by atoms with Gasteiger partial charge in [-0.25, -0.2) is 0 Å². The third-order valence-corrected chi connectivity index (χ3v) is 5.01. The van der Waals surface area contributed by atoms with Gasteiger partial charge in [0.1, 0.15) is 0 Å². The van der Waals surface area contributed by atoms with E-state index in [1.807, 2.05) is 19.9 Å². The monoisotopic (exact) mass is 418 g/mol. The Morgan fingerprint density at radius 1 is 1.19 bits per heavy atom. The van der Waals surface area contributed by atoms with Crippen LogP contribution in [0.15, 0.2) is 48.5 Å². The van der Waals surface area contributed by atoms with Crippen molar-refractivity contribution in [3.05, 3.63) is 59.7 Å². The van der Waals surface area contributed by atoms with Crippen LogP contribution in [-0.2, 0) is 20.9 Å². The van der Waals surface area contributed by atoms with Crippen molar-refractivity contribution < 1.29 is 14.4 Å². The fourth-order valence-electron chi connectivity index (χ4n) is 3.59. The lowest BCUT2D eigenvalue weighted by atomic mass is 10.1. The summed E-state index contributed by atoms with van der Waals surface area (Å²) in [4.78, 5) is 40.6. The van der Waals surface area contributed by atoms with Crippen LogP contribution in [0.1, 0.15) is 37.8 Å². The highest BCUT2D eigenvalue weighted by atomic mass is 16.2. The number of hydrogen-bond donors (Lipinski definition) is 1. The molecule has 1 N–H and O–H groups in total. The Kier molecular flexibility index (Phi) is 7.03. The Balaban J connectivity index is 1.68. The summed E-state index contributed by atoms with van der Waals surface area (Å²) in [5, 5.41) is 11.7. The number of nitrogens with one attached hydrogen (secondary N) is 1. The Labute approximate surface area is 182 Å². The molecule has 0 atom stereocenters. The maximum atomic E-state index is 12.9. The van der Waals surface area contributed by atoms with Gasteiger partial charge < -0.3 is 15.1 Å². The van der Waals surface area contributed by atoms with E-state index < -0.39 is 11.8 Å². The van der Waals surface area contributed by atoms with E-state index in [9.17, 15) is 14.4 Å². The van der Waals surface area contributed by atoms with Gasteiger partial charge in [0.25, 0.3) is 0 Å². The van der Waals surface area contributed by atoms with Gasteiger partial charge in [0.15, 0.2) is 0 Å². The van der Waals surface area contributed by atoms with Crippen molar-refractivity contribution in [1.82, 2.24) is 4.90 Å². The normalized spacial score (nSPS) is 13.2. The quantitative estimate of drug-likeness (QED) is 0.729. The molecule has 0 saturated carbocycles. The Bertz CT molecular complexity index is 1010. The number of amides is 3. The lowest BCUT2D eigenvalue weighted by Crippen LogP contribution is -2.41. The molecule has 0 radical (unpaired) electrons. The van der Waals surface area contributed by atoms with Crippen LogP contribution < -0.4 is 10.2 Å². The number of rotatable bonds is 6. The zero-order valence-corrected chi connectivity index (χ0v) is 17.8. The van der Waals surface area contributed by atoms with Gasteiger partial charge in [-0.05, 0) is 54.3 Å². The lowest BCUT2D eigenvalue weighted by Gasteiger charge is -2.24. The number of benzene rings is 2. The molecule has 3 rings (SSSR count). The average Bonchev–Trinajstić information content (AvgIpc) is 3.19. The molecule has 1 aliphatic rings. The van der Waals surface area contributed by atoms with E-state index in [1.54, 1.807) is 47.4 Å². The van der Waals surface area contributed by atoms with Crippen molar-refractivity contribution in [1.29, 1.82) is 5.26 Å². The summed E-state index contributed by atoms with van der Waals surface area (Å²) in [6.45, 7) is 5.31. The van der Waals surface area contributed by atoms with E-state index in [-0.39, 0.29) is 18.4 Å². The van der Waals surface area contributed by atoms with Crippen LogP contribution in [0, 0.1) is 17.2 Å². The Hall–Kier alpha value is -3.66. The molecule has 0 spiro atoms. The third-order valence-electron chi connectivity index (χ3n) is 5.01. The SMILES string of the molecule is CC(C)CN(Cc1cccc(C#N)c1)C(=O)C(=O)Nc1ccc(N2CCCC2=O)cc1. The van der Waals surface area contributed by atoms with Crippen LogP contribution in [-0.4, -0.2) is 35.7 Å². The van der Waals surface area contributed by atoms with Crippen molar-refractivity contribution in [2.75, 3.05) is 23.3 Å². The predicted molar refractivity (Wildman–Crippen MR) is 118 cm³/mol. The third kappa shape index (κ3) is 5.70. The first-order valence-corrected chi connectivity index (χ1v) is 10.4. The van der Waals surface area contributed by atoms with Gasteiger partial charge in [-0.15, -0.1) is 0 Å². The maximum Gasteiger partial charge on any atom is 0.313 e. The van der Waals surface area contributed by atoms with Crippen molar-refractivity contribution in [2.45, 2.75) is 33.2 Å². The zero-order chi connectivity index (χ0) is 22.4. The van der Waals surface area contributed by atoms with Crippen LogP contribution in [0.4, 0.5) is 11.4 Å². The molecule has 31 heavy (non-hydrogen) atoms. The highest BCUT2D eigenvalue weighted by Gasteiger charge is 2.24. The lowest BCUT2D eigenvalue weighted by molar-refractivity contribution is -0.143. The highest BCUT2D eigenvalue weighted by molar-refractivity contribution is 6.39. The molecular weight excluding hydrogens is 392 g/mol. The minimum absolute atomic E-state index is 0.0942. The van der Waals surface area contributed by atoms with Crippen LogP contribution in [0.2, 0.25) is 0 Å². The second-order valence-corrected chi connectivity index (χ2v) is 8.04. The van der Waals surface area contributed by atoms with E-state index >= 15 is 0 Å². The summed E-state index contributed by atoms with van der Waals surface area (Å²) in [7, 11) is 0. The number of carbonyl (C=O) groups excluding carboxylic acids is 3. The van der Waals surface area contributed by atoms with Gasteiger partial charge in [0.2, 0.25) is 5.91 Å². The highest BCUT2D eigenvalue weighted by Crippen LogP contribution is 2.23. The summed E-state index contributed by atoms with van der Waals surface area (Å²) >= 11 is 0. The van der Waals surface area contributed by atoms with Crippen LogP contribution >= 0.6 is 0 Å². The summed E-state index contributed by atoms with van der Waals surface area (Å²) in [5.41, 5.74) is 2.58. The van der Waals surface area contributed by atoms with E-state index in [2.05, 4.69) is 11.4 Å². The largest absolute Gasteiger partial charge is 0.330 e. The molecule has 160 valence electrons. The number of anilines is 2. The molecule has 3 amide bonds. The van der Waals surface area contributed by atoms with Crippen molar-refractivity contribution in [3.8, 4) is 6.07 Å². The molecule has 0 bridgehead atoms. The molecular formula is C24H26N4O3. The average molecular weight is 418 g/mol. The first-order valence-electron chi connectivity index (χ1n) is 10.4. The molecule has 2 aromatic carbocycles. The number of nitrogens with zero attached hydrogens (tertiary/aromatic N) is 3. The molecule has 0 aromatic heterocycles. The van der Waals surface area contributed by atoms with Crippen molar-refractivity contribution in [3.63, 3.8) is 0 Å². The maximum absolute atomic E-state index is 12.9. The number of nitriles is 1. The van der Waals surface area contributed by atoms with Gasteiger partial charge >= 0.3 is 11.8 Å². The van der Waals surface area contributed by atoms with Gasteiger partial charge in [-0.2, -0.15) is 5.26 Å². The van der Waals surface area contributed by atoms with E-state index in [4.69, 9.17) is 5.26 Å². The zero-order valence-electron chi connectivity index (χ0n) is 17.8. The van der Waals surface area contributed by atoms with Crippen LogP contribution in [0.25, 0.3) is 0 Å². The van der Waals surface area contributed by atoms with Crippen molar-refractivity contribution in [2.24, 2.45) is 5.92 Å². The summed E-state index contributed by atoms with van der Waals surface area (Å²) in [5.74, 6) is -1.08. The molecule has 7 nitrogen and oxygen atoms in total. The molecule has 2 aromatic rings. The predicted octanol–water partition coefficient (Wildman–Crippen LogP) is 3.31. The minimum Gasteiger partial charge on any atom is -0.330 e. The fourth-order valence-corrected chi connectivity index (χ4v) is 3.59. The summed E-state index contributed by atoms with van der Waals surface area (Å²) in [6, 6.07) is 16.0. The van der Waals surface area contributed by atoms with E-state index in [1.165, 1.54) is 4.90 Å². The smallest absolute Gasteiger partial charge is 0.313 e. The van der Waals surface area contributed by atoms with Gasteiger partial charge in [-0.3, -0.25) is 14.4 Å². The van der Waals surface area contributed by atoms with E-state index in [0.717, 1.165) is 17.7 Å². The van der Waals surface area contributed by atoms with Gasteiger partial charge in [-0.1, -0.05) is 26.0 Å². The molecule has 1 fully saturated rings. The van der Waals surface area contributed by atoms with Crippen molar-refractivity contribution >= 4 is 29.1 Å². The molecule has 0 unspecified atom stereocenters.